The molecule has 0 atom stereocenters. The van der Waals surface area contributed by atoms with Gasteiger partial charge in [-0.1, -0.05) is 53.3 Å². The minimum atomic E-state index is -0.166. The Morgan fingerprint density at radius 3 is 2.31 bits per heavy atom. The molecule has 0 spiro atoms. The molecule has 0 saturated carbocycles. The fourth-order valence-corrected chi connectivity index (χ4v) is 4.75. The number of carbonyl (C=O) groups excluding carboxylic acids is 2. The van der Waals surface area contributed by atoms with Crippen LogP contribution in [0, 0.1) is 27.7 Å². The van der Waals surface area contributed by atoms with E-state index in [1.165, 1.54) is 16.9 Å². The van der Waals surface area contributed by atoms with Crippen molar-refractivity contribution in [3.63, 3.8) is 0 Å². The Morgan fingerprint density at radius 1 is 0.875 bits per heavy atom. The Labute approximate surface area is 191 Å². The van der Waals surface area contributed by atoms with Crippen molar-refractivity contribution >= 4 is 44.2 Å². The number of nitrogens with one attached hydrogen (secondary N) is 2. The van der Waals surface area contributed by atoms with Crippen molar-refractivity contribution in [2.75, 3.05) is 10.6 Å². The summed E-state index contributed by atoms with van der Waals surface area (Å²) in [6.45, 7) is 8.02. The lowest BCUT2D eigenvalue weighted by Crippen LogP contribution is -2.14. The third-order valence-corrected chi connectivity index (χ3v) is 6.36. The van der Waals surface area contributed by atoms with Gasteiger partial charge in [-0.25, -0.2) is 4.98 Å². The van der Waals surface area contributed by atoms with Gasteiger partial charge in [0.2, 0.25) is 5.91 Å². The Hall–Kier alpha value is -3.51. The van der Waals surface area contributed by atoms with Gasteiger partial charge in [-0.15, -0.1) is 0 Å². The molecule has 1 aromatic heterocycles. The van der Waals surface area contributed by atoms with E-state index in [1.807, 2.05) is 64.1 Å². The highest BCUT2D eigenvalue weighted by Crippen LogP contribution is 2.28. The zero-order chi connectivity index (χ0) is 22.8. The SMILES string of the molecule is Cc1cc(C)c(NC(=O)c2ccc3nc(NC(=O)Cc4ccccc4C)sc3c2)c(C)c1. The second-order valence-corrected chi connectivity index (χ2v) is 9.11. The van der Waals surface area contributed by atoms with Crippen LogP contribution in [0.15, 0.2) is 54.6 Å². The molecule has 32 heavy (non-hydrogen) atoms. The van der Waals surface area contributed by atoms with E-state index in [0.717, 1.165) is 38.2 Å². The minimum absolute atomic E-state index is 0.110. The van der Waals surface area contributed by atoms with Crippen LogP contribution in [0.5, 0.6) is 0 Å². The van der Waals surface area contributed by atoms with Crippen LogP contribution in [0.2, 0.25) is 0 Å². The number of carbonyl (C=O) groups is 2. The molecule has 4 rings (SSSR count). The van der Waals surface area contributed by atoms with Crippen molar-refractivity contribution in [3.8, 4) is 0 Å². The summed E-state index contributed by atoms with van der Waals surface area (Å²) < 4.78 is 0.848. The van der Waals surface area contributed by atoms with Gasteiger partial charge in [-0.2, -0.15) is 0 Å². The van der Waals surface area contributed by atoms with E-state index in [2.05, 4.69) is 27.8 Å². The molecule has 162 valence electrons. The normalized spacial score (nSPS) is 10.9. The summed E-state index contributed by atoms with van der Waals surface area (Å²) in [5, 5.41) is 6.45. The van der Waals surface area contributed by atoms with E-state index in [4.69, 9.17) is 0 Å². The van der Waals surface area contributed by atoms with Gasteiger partial charge in [-0.3, -0.25) is 9.59 Å². The Balaban J connectivity index is 1.50. The summed E-state index contributed by atoms with van der Waals surface area (Å²) in [5.41, 5.74) is 7.46. The lowest BCUT2D eigenvalue weighted by molar-refractivity contribution is -0.115. The van der Waals surface area contributed by atoms with E-state index >= 15 is 0 Å². The highest BCUT2D eigenvalue weighted by molar-refractivity contribution is 7.22. The largest absolute Gasteiger partial charge is 0.322 e. The standard InChI is InChI=1S/C26H25N3O2S/c1-15-11-17(3)24(18(4)12-15)29-25(31)20-9-10-21-22(13-20)32-26(27-21)28-23(30)14-19-8-6-5-7-16(19)2/h5-13H,14H2,1-4H3,(H,29,31)(H,27,28,30). The average Bonchev–Trinajstić information content (AvgIpc) is 3.13. The number of amides is 2. The number of anilines is 2. The first-order valence-corrected chi connectivity index (χ1v) is 11.3. The van der Waals surface area contributed by atoms with E-state index in [0.29, 0.717) is 17.1 Å². The number of nitrogens with zero attached hydrogens (tertiary/aromatic N) is 1. The molecule has 0 aliphatic heterocycles. The summed E-state index contributed by atoms with van der Waals surface area (Å²) in [6, 6.07) is 17.3. The highest BCUT2D eigenvalue weighted by atomic mass is 32.1. The number of rotatable bonds is 5. The first-order valence-electron chi connectivity index (χ1n) is 10.4. The van der Waals surface area contributed by atoms with Gasteiger partial charge < -0.3 is 10.6 Å². The first kappa shape index (κ1) is 21.7. The van der Waals surface area contributed by atoms with Crippen LogP contribution in [0.1, 0.15) is 38.2 Å². The number of thiazole rings is 1. The molecule has 0 aliphatic rings. The maximum Gasteiger partial charge on any atom is 0.255 e. The quantitative estimate of drug-likeness (QED) is 0.400. The highest BCUT2D eigenvalue weighted by Gasteiger charge is 2.14. The van der Waals surface area contributed by atoms with Crippen LogP contribution >= 0.6 is 11.3 Å². The molecule has 5 nitrogen and oxygen atoms in total. The Morgan fingerprint density at radius 2 is 1.59 bits per heavy atom. The topological polar surface area (TPSA) is 71.1 Å². The second-order valence-electron chi connectivity index (χ2n) is 8.08. The van der Waals surface area contributed by atoms with E-state index < -0.39 is 0 Å². The van der Waals surface area contributed by atoms with Gasteiger partial charge in [0, 0.05) is 11.3 Å². The van der Waals surface area contributed by atoms with Gasteiger partial charge in [0.15, 0.2) is 5.13 Å². The average molecular weight is 444 g/mol. The minimum Gasteiger partial charge on any atom is -0.322 e. The van der Waals surface area contributed by atoms with Crippen molar-refractivity contribution in [1.82, 2.24) is 4.98 Å². The summed E-state index contributed by atoms with van der Waals surface area (Å²) in [4.78, 5) is 29.8. The molecule has 2 N–H and O–H groups in total. The van der Waals surface area contributed by atoms with Crippen molar-refractivity contribution in [1.29, 1.82) is 0 Å². The number of hydrogen-bond donors (Lipinski definition) is 2. The lowest BCUT2D eigenvalue weighted by atomic mass is 10.0. The maximum atomic E-state index is 12.9. The molecular formula is C26H25N3O2S. The summed E-state index contributed by atoms with van der Waals surface area (Å²) in [5.74, 6) is -0.276. The molecule has 6 heteroatoms. The van der Waals surface area contributed by atoms with Crippen molar-refractivity contribution in [2.45, 2.75) is 34.1 Å². The zero-order valence-electron chi connectivity index (χ0n) is 18.6. The summed E-state index contributed by atoms with van der Waals surface area (Å²) in [7, 11) is 0. The van der Waals surface area contributed by atoms with E-state index in [1.54, 1.807) is 6.07 Å². The molecule has 2 amide bonds. The van der Waals surface area contributed by atoms with Crippen LogP contribution in [-0.4, -0.2) is 16.8 Å². The van der Waals surface area contributed by atoms with Crippen LogP contribution in [-0.2, 0) is 11.2 Å². The second kappa shape index (κ2) is 8.93. The van der Waals surface area contributed by atoms with Gasteiger partial charge in [0.05, 0.1) is 16.6 Å². The fourth-order valence-electron chi connectivity index (χ4n) is 3.83. The van der Waals surface area contributed by atoms with E-state index in [-0.39, 0.29) is 11.8 Å². The van der Waals surface area contributed by atoms with Crippen molar-refractivity contribution < 1.29 is 9.59 Å². The van der Waals surface area contributed by atoms with Crippen LogP contribution in [0.4, 0.5) is 10.8 Å². The van der Waals surface area contributed by atoms with Crippen molar-refractivity contribution in [2.24, 2.45) is 0 Å². The molecule has 0 bridgehead atoms. The Bertz CT molecular complexity index is 1320. The molecule has 0 radical (unpaired) electrons. The molecule has 3 aromatic carbocycles. The maximum absolute atomic E-state index is 12.9. The number of aryl methyl sites for hydroxylation is 4. The van der Waals surface area contributed by atoms with E-state index in [9.17, 15) is 9.59 Å². The van der Waals surface area contributed by atoms with Crippen LogP contribution in [0.25, 0.3) is 10.2 Å². The van der Waals surface area contributed by atoms with Crippen molar-refractivity contribution in [3.05, 3.63) is 88.0 Å². The first-order chi connectivity index (χ1) is 15.3. The van der Waals surface area contributed by atoms with Crippen LogP contribution < -0.4 is 10.6 Å². The van der Waals surface area contributed by atoms with Crippen LogP contribution in [0.3, 0.4) is 0 Å². The predicted octanol–water partition coefficient (Wildman–Crippen LogP) is 5.96. The number of aromatic nitrogens is 1. The fraction of sp³-hybridized carbons (Fsp3) is 0.192. The van der Waals surface area contributed by atoms with Gasteiger partial charge in [-0.05, 0) is 68.1 Å². The monoisotopic (exact) mass is 443 g/mol. The molecule has 0 aliphatic carbocycles. The molecule has 0 unspecified atom stereocenters. The predicted molar refractivity (Wildman–Crippen MR) is 132 cm³/mol. The molecular weight excluding hydrogens is 418 g/mol. The molecule has 1 heterocycles. The molecule has 0 fully saturated rings. The third kappa shape index (κ3) is 4.70. The number of fused-ring (bicyclic) bond motifs is 1. The van der Waals surface area contributed by atoms with Gasteiger partial charge >= 0.3 is 0 Å². The number of hydrogen-bond acceptors (Lipinski definition) is 4. The molecule has 0 saturated heterocycles. The number of benzene rings is 3. The summed E-state index contributed by atoms with van der Waals surface area (Å²) >= 11 is 1.36. The smallest absolute Gasteiger partial charge is 0.255 e. The van der Waals surface area contributed by atoms with Gasteiger partial charge in [0.1, 0.15) is 0 Å². The lowest BCUT2D eigenvalue weighted by Gasteiger charge is -2.12. The zero-order valence-corrected chi connectivity index (χ0v) is 19.4. The third-order valence-electron chi connectivity index (χ3n) is 5.42. The summed E-state index contributed by atoms with van der Waals surface area (Å²) in [6.07, 6.45) is 0.297. The van der Waals surface area contributed by atoms with Gasteiger partial charge in [0.25, 0.3) is 5.91 Å². The Kier molecular flexibility index (Phi) is 6.06. The molecule has 4 aromatic rings.